The van der Waals surface area contributed by atoms with Crippen molar-refractivity contribution in [3.8, 4) is 0 Å². The number of amides is 1. The quantitative estimate of drug-likeness (QED) is 0.799. The van der Waals surface area contributed by atoms with Gasteiger partial charge in [0.15, 0.2) is 0 Å². The fraction of sp³-hybridized carbons (Fsp3) is 0.176. The number of benzene rings is 1. The molecule has 0 radical (unpaired) electrons. The van der Waals surface area contributed by atoms with Crippen LogP contribution in [0.25, 0.3) is 11.0 Å². The summed E-state index contributed by atoms with van der Waals surface area (Å²) < 4.78 is 5.48. The zero-order valence-corrected chi connectivity index (χ0v) is 11.8. The number of rotatable bonds is 4. The van der Waals surface area contributed by atoms with E-state index < -0.39 is 0 Å². The number of furan rings is 1. The smallest absolute Gasteiger partial charge is 0.224 e. The maximum Gasteiger partial charge on any atom is 0.224 e. The highest BCUT2D eigenvalue weighted by molar-refractivity contribution is 5.87. The Balaban J connectivity index is 1.67. The summed E-state index contributed by atoms with van der Waals surface area (Å²) in [6.45, 7) is 2.51. The van der Waals surface area contributed by atoms with Crippen LogP contribution in [0.2, 0.25) is 0 Å². The van der Waals surface area contributed by atoms with Gasteiger partial charge in [0.1, 0.15) is 5.58 Å². The molecule has 3 aromatic rings. The number of hydrogen-bond acceptors (Lipinski definition) is 3. The topological polar surface area (TPSA) is 55.1 Å². The number of carbonyl (C=O) groups excluding carboxylic acids is 1. The predicted molar refractivity (Wildman–Crippen MR) is 80.7 cm³/mol. The van der Waals surface area contributed by atoms with Gasteiger partial charge in [-0.15, -0.1) is 0 Å². The number of carbonyl (C=O) groups is 1. The number of pyridine rings is 1. The van der Waals surface area contributed by atoms with Crippen LogP contribution in [0.15, 0.2) is 53.4 Å². The molecule has 3 rings (SSSR count). The average molecular weight is 280 g/mol. The number of fused-ring (bicyclic) bond motifs is 1. The summed E-state index contributed by atoms with van der Waals surface area (Å²) in [5.41, 5.74) is 3.87. The lowest BCUT2D eigenvalue weighted by Crippen LogP contribution is -2.24. The summed E-state index contributed by atoms with van der Waals surface area (Å²) in [6.07, 6.45) is 5.44. The van der Waals surface area contributed by atoms with E-state index in [2.05, 4.69) is 10.3 Å². The molecule has 0 fully saturated rings. The molecule has 0 atom stereocenters. The van der Waals surface area contributed by atoms with Gasteiger partial charge in [-0.2, -0.15) is 0 Å². The highest BCUT2D eigenvalue weighted by Crippen LogP contribution is 2.22. The zero-order chi connectivity index (χ0) is 14.7. The Hall–Kier alpha value is -2.62. The van der Waals surface area contributed by atoms with Crippen molar-refractivity contribution < 1.29 is 9.21 Å². The van der Waals surface area contributed by atoms with Gasteiger partial charge < -0.3 is 9.73 Å². The first-order valence-electron chi connectivity index (χ1n) is 6.85. The van der Waals surface area contributed by atoms with Crippen LogP contribution in [-0.4, -0.2) is 10.9 Å². The van der Waals surface area contributed by atoms with Gasteiger partial charge in [-0.25, -0.2) is 0 Å². The Bertz CT molecular complexity index is 763. The van der Waals surface area contributed by atoms with Crippen LogP contribution < -0.4 is 5.32 Å². The number of hydrogen-bond donors (Lipinski definition) is 1. The van der Waals surface area contributed by atoms with Crippen molar-refractivity contribution in [3.63, 3.8) is 0 Å². The molecule has 2 aromatic heterocycles. The van der Waals surface area contributed by atoms with Crippen molar-refractivity contribution in [2.75, 3.05) is 0 Å². The second-order valence-corrected chi connectivity index (χ2v) is 5.08. The van der Waals surface area contributed by atoms with Crippen LogP contribution >= 0.6 is 0 Å². The normalized spacial score (nSPS) is 10.7. The third kappa shape index (κ3) is 3.11. The largest absolute Gasteiger partial charge is 0.464 e. The van der Waals surface area contributed by atoms with E-state index in [1.165, 1.54) is 0 Å². The molecule has 1 aromatic carbocycles. The maximum absolute atomic E-state index is 12.0. The second-order valence-electron chi connectivity index (χ2n) is 5.08. The third-order valence-electron chi connectivity index (χ3n) is 3.37. The van der Waals surface area contributed by atoms with Crippen LogP contribution in [0, 0.1) is 6.92 Å². The first-order chi connectivity index (χ1) is 10.2. The van der Waals surface area contributed by atoms with E-state index in [4.69, 9.17) is 4.42 Å². The molecule has 0 spiro atoms. The van der Waals surface area contributed by atoms with Gasteiger partial charge in [-0.3, -0.25) is 9.78 Å². The molecule has 0 unspecified atom stereocenters. The fourth-order valence-electron chi connectivity index (χ4n) is 2.27. The van der Waals surface area contributed by atoms with Gasteiger partial charge in [-0.05, 0) is 30.7 Å². The van der Waals surface area contributed by atoms with Crippen LogP contribution in [0.5, 0.6) is 0 Å². The number of nitrogens with zero attached hydrogens (tertiary/aromatic N) is 1. The van der Waals surface area contributed by atoms with E-state index in [0.29, 0.717) is 13.0 Å². The molecule has 0 saturated heterocycles. The van der Waals surface area contributed by atoms with Gasteiger partial charge >= 0.3 is 0 Å². The SMILES string of the molecule is Cc1ccc2occ(CC(=O)NCc3cccnc3)c2c1. The van der Waals surface area contributed by atoms with Crippen LogP contribution in [0.3, 0.4) is 0 Å². The van der Waals surface area contributed by atoms with Gasteiger partial charge in [0, 0.05) is 29.9 Å². The summed E-state index contributed by atoms with van der Waals surface area (Å²) in [4.78, 5) is 16.1. The van der Waals surface area contributed by atoms with Crippen molar-refractivity contribution in [3.05, 3.63) is 65.7 Å². The lowest BCUT2D eigenvalue weighted by Gasteiger charge is -2.04. The molecule has 4 heteroatoms. The summed E-state index contributed by atoms with van der Waals surface area (Å²) in [5.74, 6) is -0.0249. The minimum Gasteiger partial charge on any atom is -0.464 e. The van der Waals surface area contributed by atoms with E-state index in [1.807, 2.05) is 37.3 Å². The zero-order valence-electron chi connectivity index (χ0n) is 11.8. The Morgan fingerprint density at radius 1 is 1.33 bits per heavy atom. The van der Waals surface area contributed by atoms with Crippen molar-refractivity contribution >= 4 is 16.9 Å². The predicted octanol–water partition coefficient (Wildman–Crippen LogP) is 3.00. The van der Waals surface area contributed by atoms with Crippen LogP contribution in [0.1, 0.15) is 16.7 Å². The van der Waals surface area contributed by atoms with Gasteiger partial charge in [0.05, 0.1) is 12.7 Å². The Morgan fingerprint density at radius 2 is 2.24 bits per heavy atom. The molecular weight excluding hydrogens is 264 g/mol. The molecule has 106 valence electrons. The fourth-order valence-corrected chi connectivity index (χ4v) is 2.27. The Morgan fingerprint density at radius 3 is 3.05 bits per heavy atom. The second kappa shape index (κ2) is 5.79. The molecular formula is C17H16N2O2. The summed E-state index contributed by atoms with van der Waals surface area (Å²) in [5, 5.41) is 3.90. The summed E-state index contributed by atoms with van der Waals surface area (Å²) in [6, 6.07) is 9.76. The molecule has 2 heterocycles. The van der Waals surface area contributed by atoms with Crippen LogP contribution in [-0.2, 0) is 17.8 Å². The first kappa shape index (κ1) is 13.4. The van der Waals surface area contributed by atoms with E-state index in [0.717, 1.165) is 27.7 Å². The maximum atomic E-state index is 12.0. The van der Waals surface area contributed by atoms with E-state index in [-0.39, 0.29) is 5.91 Å². The standard InChI is InChI=1S/C17H16N2O2/c1-12-4-5-16-15(7-12)14(11-21-16)8-17(20)19-10-13-3-2-6-18-9-13/h2-7,9,11H,8,10H2,1H3,(H,19,20). The highest BCUT2D eigenvalue weighted by atomic mass is 16.3. The van der Waals surface area contributed by atoms with E-state index in [9.17, 15) is 4.79 Å². The minimum atomic E-state index is -0.0249. The van der Waals surface area contributed by atoms with Gasteiger partial charge in [0.25, 0.3) is 0 Å². The van der Waals surface area contributed by atoms with Crippen molar-refractivity contribution in [2.45, 2.75) is 19.9 Å². The molecule has 0 bridgehead atoms. The number of aromatic nitrogens is 1. The van der Waals surface area contributed by atoms with E-state index in [1.54, 1.807) is 18.7 Å². The lowest BCUT2D eigenvalue weighted by atomic mass is 10.1. The third-order valence-corrected chi connectivity index (χ3v) is 3.37. The molecule has 0 aliphatic rings. The molecule has 4 nitrogen and oxygen atoms in total. The Labute approximate surface area is 122 Å². The molecule has 21 heavy (non-hydrogen) atoms. The van der Waals surface area contributed by atoms with Crippen LogP contribution in [0.4, 0.5) is 0 Å². The average Bonchev–Trinajstić information content (AvgIpc) is 2.88. The number of nitrogens with one attached hydrogen (secondary N) is 1. The Kier molecular flexibility index (Phi) is 3.69. The number of aryl methyl sites for hydroxylation is 1. The summed E-state index contributed by atoms with van der Waals surface area (Å²) >= 11 is 0. The molecule has 0 aliphatic carbocycles. The molecule has 1 N–H and O–H groups in total. The van der Waals surface area contributed by atoms with Gasteiger partial charge in [-0.1, -0.05) is 17.7 Å². The first-order valence-corrected chi connectivity index (χ1v) is 6.85. The lowest BCUT2D eigenvalue weighted by molar-refractivity contribution is -0.120. The highest BCUT2D eigenvalue weighted by Gasteiger charge is 2.10. The van der Waals surface area contributed by atoms with Gasteiger partial charge in [0.2, 0.25) is 5.91 Å². The monoisotopic (exact) mass is 280 g/mol. The molecule has 0 saturated carbocycles. The molecule has 0 aliphatic heterocycles. The minimum absolute atomic E-state index is 0.0249. The van der Waals surface area contributed by atoms with Crippen molar-refractivity contribution in [1.29, 1.82) is 0 Å². The molecule has 1 amide bonds. The van der Waals surface area contributed by atoms with E-state index >= 15 is 0 Å². The van der Waals surface area contributed by atoms with Crippen molar-refractivity contribution in [2.24, 2.45) is 0 Å². The summed E-state index contributed by atoms with van der Waals surface area (Å²) in [7, 11) is 0. The van der Waals surface area contributed by atoms with Crippen molar-refractivity contribution in [1.82, 2.24) is 10.3 Å².